The van der Waals surface area contributed by atoms with Crippen LogP contribution < -0.4 is 5.32 Å². The summed E-state index contributed by atoms with van der Waals surface area (Å²) in [4.78, 5) is 2.76. The van der Waals surface area contributed by atoms with Crippen LogP contribution in [-0.4, -0.2) is 11.8 Å². The first-order valence-electron chi connectivity index (χ1n) is 7.45. The van der Waals surface area contributed by atoms with E-state index in [4.69, 9.17) is 0 Å². The largest absolute Gasteiger partial charge is 0.311 e. The van der Waals surface area contributed by atoms with E-state index in [0.717, 1.165) is 13.1 Å². The van der Waals surface area contributed by atoms with Gasteiger partial charge in [-0.05, 0) is 34.6 Å². The summed E-state index contributed by atoms with van der Waals surface area (Å²) in [6.45, 7) is 11.1. The molecule has 1 atom stereocenters. The summed E-state index contributed by atoms with van der Waals surface area (Å²) in [5.74, 6) is 0. The fraction of sp³-hybridized carbons (Fsp3) is 0.444. The van der Waals surface area contributed by atoms with Gasteiger partial charge in [0.25, 0.3) is 0 Å². The molecule has 1 nitrogen and oxygen atoms in total. The predicted molar refractivity (Wildman–Crippen MR) is 96.5 cm³/mol. The van der Waals surface area contributed by atoms with Gasteiger partial charge in [0.2, 0.25) is 0 Å². The lowest BCUT2D eigenvalue weighted by molar-refractivity contribution is 0.589. The third-order valence-electron chi connectivity index (χ3n) is 3.37. The van der Waals surface area contributed by atoms with Crippen LogP contribution in [0.15, 0.2) is 46.7 Å². The first-order chi connectivity index (χ1) is 9.95. The van der Waals surface area contributed by atoms with Crippen LogP contribution in [0.3, 0.4) is 0 Å². The van der Waals surface area contributed by atoms with E-state index in [9.17, 15) is 0 Å². The predicted octanol–water partition coefficient (Wildman–Crippen LogP) is 5.32. The Morgan fingerprint density at radius 3 is 2.43 bits per heavy atom. The van der Waals surface area contributed by atoms with E-state index < -0.39 is 0 Å². The number of nitrogens with one attached hydrogen (secondary N) is 1. The summed E-state index contributed by atoms with van der Waals surface area (Å²) in [5.41, 5.74) is 1.63. The SMILES string of the molecule is CC(CNCc1cccs1)Sc1ccc(C(C)(C)C)cc1. The Kier molecular flexibility index (Phi) is 5.91. The van der Waals surface area contributed by atoms with Gasteiger partial charge in [-0.25, -0.2) is 0 Å². The molecule has 0 saturated heterocycles. The van der Waals surface area contributed by atoms with Gasteiger partial charge in [0.05, 0.1) is 0 Å². The number of thiophene rings is 1. The number of thioether (sulfide) groups is 1. The fourth-order valence-corrected chi connectivity index (χ4v) is 3.75. The average molecular weight is 320 g/mol. The van der Waals surface area contributed by atoms with Gasteiger partial charge in [0.15, 0.2) is 0 Å². The van der Waals surface area contributed by atoms with Crippen LogP contribution in [0.25, 0.3) is 0 Å². The average Bonchev–Trinajstić information content (AvgIpc) is 2.91. The van der Waals surface area contributed by atoms with E-state index in [1.807, 2.05) is 23.1 Å². The summed E-state index contributed by atoms with van der Waals surface area (Å²) in [6.07, 6.45) is 0. The minimum Gasteiger partial charge on any atom is -0.311 e. The highest BCUT2D eigenvalue weighted by Crippen LogP contribution is 2.27. The Hall–Kier alpha value is -0.770. The van der Waals surface area contributed by atoms with Crippen molar-refractivity contribution in [1.82, 2.24) is 5.32 Å². The second-order valence-electron chi connectivity index (χ2n) is 6.41. The molecule has 0 fully saturated rings. The van der Waals surface area contributed by atoms with Crippen molar-refractivity contribution >= 4 is 23.1 Å². The quantitative estimate of drug-likeness (QED) is 0.724. The maximum atomic E-state index is 3.53. The van der Waals surface area contributed by atoms with Crippen LogP contribution in [-0.2, 0) is 12.0 Å². The van der Waals surface area contributed by atoms with Gasteiger partial charge in [0.1, 0.15) is 0 Å². The van der Waals surface area contributed by atoms with Crippen LogP contribution in [0, 0.1) is 0 Å². The van der Waals surface area contributed by atoms with Crippen molar-refractivity contribution in [2.75, 3.05) is 6.54 Å². The first kappa shape index (κ1) is 16.6. The lowest BCUT2D eigenvalue weighted by Gasteiger charge is -2.19. The normalized spacial score (nSPS) is 13.3. The lowest BCUT2D eigenvalue weighted by atomic mass is 9.87. The summed E-state index contributed by atoms with van der Waals surface area (Å²) >= 11 is 3.75. The van der Waals surface area contributed by atoms with Gasteiger partial charge in [-0.3, -0.25) is 0 Å². The zero-order valence-electron chi connectivity index (χ0n) is 13.3. The molecule has 2 aromatic rings. The molecule has 0 aliphatic carbocycles. The number of rotatable bonds is 6. The molecule has 1 aromatic heterocycles. The molecule has 114 valence electrons. The smallest absolute Gasteiger partial charge is 0.0300 e. The maximum absolute atomic E-state index is 3.53. The monoisotopic (exact) mass is 319 g/mol. The van der Waals surface area contributed by atoms with Gasteiger partial charge < -0.3 is 5.32 Å². The van der Waals surface area contributed by atoms with Crippen molar-refractivity contribution < 1.29 is 0 Å². The van der Waals surface area contributed by atoms with Crippen LogP contribution >= 0.6 is 23.1 Å². The Bertz CT molecular complexity index is 523. The minimum atomic E-state index is 0.233. The van der Waals surface area contributed by atoms with Gasteiger partial charge in [0, 0.05) is 28.1 Å². The highest BCUT2D eigenvalue weighted by molar-refractivity contribution is 8.00. The van der Waals surface area contributed by atoms with Crippen molar-refractivity contribution in [1.29, 1.82) is 0 Å². The third kappa shape index (κ3) is 5.50. The van der Waals surface area contributed by atoms with Gasteiger partial charge in [-0.2, -0.15) is 0 Å². The van der Waals surface area contributed by atoms with Crippen LogP contribution in [0.5, 0.6) is 0 Å². The molecule has 0 saturated carbocycles. The number of benzene rings is 1. The molecular weight excluding hydrogens is 294 g/mol. The topological polar surface area (TPSA) is 12.0 Å². The fourth-order valence-electron chi connectivity index (χ4n) is 2.12. The summed E-state index contributed by atoms with van der Waals surface area (Å²) in [6, 6.07) is 13.3. The van der Waals surface area contributed by atoms with Gasteiger partial charge in [-0.1, -0.05) is 45.9 Å². The molecule has 0 amide bonds. The first-order valence-corrected chi connectivity index (χ1v) is 9.21. The molecule has 0 spiro atoms. The number of hydrogen-bond donors (Lipinski definition) is 1. The van der Waals surface area contributed by atoms with Crippen molar-refractivity contribution in [3.63, 3.8) is 0 Å². The minimum absolute atomic E-state index is 0.233. The molecule has 2 rings (SSSR count). The van der Waals surface area contributed by atoms with E-state index in [-0.39, 0.29) is 5.41 Å². The molecule has 0 radical (unpaired) electrons. The summed E-state index contributed by atoms with van der Waals surface area (Å²) < 4.78 is 0. The van der Waals surface area contributed by atoms with Crippen molar-refractivity contribution in [3.8, 4) is 0 Å². The Morgan fingerprint density at radius 2 is 1.86 bits per heavy atom. The Morgan fingerprint density at radius 1 is 1.14 bits per heavy atom. The van der Waals surface area contributed by atoms with E-state index in [0.29, 0.717) is 5.25 Å². The van der Waals surface area contributed by atoms with Crippen LogP contribution in [0.4, 0.5) is 0 Å². The van der Waals surface area contributed by atoms with E-state index in [1.165, 1.54) is 15.3 Å². The molecule has 1 aromatic carbocycles. The molecule has 0 aliphatic heterocycles. The standard InChI is InChI=1S/C18H25NS2/c1-14(12-19-13-17-6-5-11-20-17)21-16-9-7-15(8-10-16)18(2,3)4/h5-11,14,19H,12-13H2,1-4H3. The third-order valence-corrected chi connectivity index (χ3v) is 5.36. The van der Waals surface area contributed by atoms with E-state index in [1.54, 1.807) is 0 Å². The molecule has 3 heteroatoms. The Balaban J connectivity index is 1.78. The van der Waals surface area contributed by atoms with Crippen molar-refractivity contribution in [2.45, 2.75) is 49.8 Å². The summed E-state index contributed by atoms with van der Waals surface area (Å²) in [5, 5.41) is 6.24. The highest BCUT2D eigenvalue weighted by Gasteiger charge is 2.13. The Labute approximate surface area is 137 Å². The molecule has 1 unspecified atom stereocenters. The molecule has 0 bridgehead atoms. The number of hydrogen-bond acceptors (Lipinski definition) is 3. The summed E-state index contributed by atoms with van der Waals surface area (Å²) in [7, 11) is 0. The zero-order chi connectivity index (χ0) is 15.3. The van der Waals surface area contributed by atoms with E-state index in [2.05, 4.69) is 74.8 Å². The lowest BCUT2D eigenvalue weighted by Crippen LogP contribution is -2.21. The zero-order valence-corrected chi connectivity index (χ0v) is 15.0. The van der Waals surface area contributed by atoms with Gasteiger partial charge in [-0.15, -0.1) is 23.1 Å². The molecule has 1 heterocycles. The molecule has 1 N–H and O–H groups in total. The van der Waals surface area contributed by atoms with Crippen LogP contribution in [0.1, 0.15) is 38.1 Å². The highest BCUT2D eigenvalue weighted by atomic mass is 32.2. The van der Waals surface area contributed by atoms with Gasteiger partial charge >= 0.3 is 0 Å². The second kappa shape index (κ2) is 7.48. The molecular formula is C18H25NS2. The van der Waals surface area contributed by atoms with Crippen LogP contribution in [0.2, 0.25) is 0 Å². The molecule has 21 heavy (non-hydrogen) atoms. The van der Waals surface area contributed by atoms with Crippen molar-refractivity contribution in [3.05, 3.63) is 52.2 Å². The maximum Gasteiger partial charge on any atom is 0.0300 e. The second-order valence-corrected chi connectivity index (χ2v) is 8.96. The molecule has 0 aliphatic rings. The van der Waals surface area contributed by atoms with E-state index >= 15 is 0 Å². The van der Waals surface area contributed by atoms with Crippen molar-refractivity contribution in [2.24, 2.45) is 0 Å².